The lowest BCUT2D eigenvalue weighted by atomic mass is 10.0. The molecule has 10 nitrogen and oxygen atoms in total. The van der Waals surface area contributed by atoms with Gasteiger partial charge in [0.05, 0.1) is 28.9 Å². The highest BCUT2D eigenvalue weighted by molar-refractivity contribution is 8.15. The molecule has 1 aliphatic heterocycles. The first-order valence-electron chi connectivity index (χ1n) is 13.5. The van der Waals surface area contributed by atoms with Crippen LogP contribution >= 0.6 is 11.8 Å². The highest BCUT2D eigenvalue weighted by Gasteiger charge is 2.33. The number of methoxy groups -OCH3 is 1. The maximum Gasteiger partial charge on any atom is 0.573 e. The molecule has 3 amide bonds. The Morgan fingerprint density at radius 2 is 1.80 bits per heavy atom. The van der Waals surface area contributed by atoms with Crippen LogP contribution in [0.25, 0.3) is 17.1 Å². The van der Waals surface area contributed by atoms with Crippen molar-refractivity contribution in [1.82, 2.24) is 14.8 Å². The molecule has 2 heterocycles. The minimum Gasteiger partial charge on any atom is -0.406 e. The van der Waals surface area contributed by atoms with E-state index >= 15 is 0 Å². The van der Waals surface area contributed by atoms with Gasteiger partial charge in [-0.15, -0.1) is 18.3 Å². The number of alkyl halides is 5. The third-order valence-corrected chi connectivity index (χ3v) is 7.72. The number of aromatic nitrogens is 3. The molecule has 1 aliphatic rings. The fourth-order valence-corrected chi connectivity index (χ4v) is 5.40. The maximum atomic E-state index is 14.1. The van der Waals surface area contributed by atoms with Gasteiger partial charge in [-0.1, -0.05) is 23.9 Å². The number of amides is 3. The molecule has 5 rings (SSSR count). The first-order chi connectivity index (χ1) is 21.8. The Morgan fingerprint density at radius 3 is 2.48 bits per heavy atom. The summed E-state index contributed by atoms with van der Waals surface area (Å²) in [6.07, 6.45) is -6.94. The number of aryl methyl sites for hydroxylation is 1. The van der Waals surface area contributed by atoms with E-state index in [4.69, 9.17) is 4.74 Å². The average Bonchev–Trinajstić information content (AvgIpc) is 3.63. The molecule has 16 heteroatoms. The molecule has 4 aromatic rings. The van der Waals surface area contributed by atoms with Crippen LogP contribution in [0.15, 0.2) is 72.0 Å². The molecule has 0 radical (unpaired) electrons. The second kappa shape index (κ2) is 13.3. The first-order valence-corrected chi connectivity index (χ1v) is 14.5. The summed E-state index contributed by atoms with van der Waals surface area (Å²) in [6.45, 7) is 3.67. The Balaban J connectivity index is 1.36. The second-order valence-electron chi connectivity index (χ2n) is 9.94. The number of anilines is 2. The molecule has 0 aliphatic carbocycles. The molecule has 0 spiro atoms. The van der Waals surface area contributed by atoms with E-state index in [1.165, 1.54) is 47.3 Å². The highest BCUT2D eigenvalue weighted by atomic mass is 32.2. The molecule has 1 aromatic heterocycles. The molecule has 0 bridgehead atoms. The summed E-state index contributed by atoms with van der Waals surface area (Å²) in [5.41, 5.74) is 1.87. The zero-order valence-corrected chi connectivity index (χ0v) is 25.2. The van der Waals surface area contributed by atoms with Crippen molar-refractivity contribution in [1.29, 1.82) is 0 Å². The third-order valence-electron chi connectivity index (χ3n) is 6.79. The molecule has 46 heavy (non-hydrogen) atoms. The number of halogens is 5. The van der Waals surface area contributed by atoms with Gasteiger partial charge in [0.2, 0.25) is 5.91 Å². The molecule has 240 valence electrons. The summed E-state index contributed by atoms with van der Waals surface area (Å²) in [4.78, 5) is 35.3. The van der Waals surface area contributed by atoms with Crippen LogP contribution in [0.1, 0.15) is 36.1 Å². The Morgan fingerprint density at radius 1 is 1.07 bits per heavy atom. The zero-order valence-electron chi connectivity index (χ0n) is 24.4. The molecule has 1 unspecified atom stereocenters. The summed E-state index contributed by atoms with van der Waals surface area (Å²) < 4.78 is 76.1. The van der Waals surface area contributed by atoms with Crippen LogP contribution in [-0.2, 0) is 9.53 Å². The van der Waals surface area contributed by atoms with Gasteiger partial charge >= 0.3 is 12.4 Å². The topological polar surface area (TPSA) is 111 Å². The fraction of sp³-hybridized carbons (Fsp3) is 0.233. The molecule has 1 N–H and O–H groups in total. The summed E-state index contributed by atoms with van der Waals surface area (Å²) in [5.74, 6) is -0.649. The Hall–Kier alpha value is -4.83. The molecule has 3 aromatic carbocycles. The number of amidine groups is 1. The predicted octanol–water partition coefficient (Wildman–Crippen LogP) is 7.45. The van der Waals surface area contributed by atoms with Gasteiger partial charge < -0.3 is 14.8 Å². The molecule has 0 saturated carbocycles. The van der Waals surface area contributed by atoms with Gasteiger partial charge in [-0.3, -0.25) is 9.69 Å². The van der Waals surface area contributed by atoms with Crippen LogP contribution in [0, 0.1) is 6.92 Å². The van der Waals surface area contributed by atoms with Gasteiger partial charge in [0, 0.05) is 23.8 Å². The van der Waals surface area contributed by atoms with Gasteiger partial charge in [0.25, 0.3) is 6.43 Å². The number of hydrogen-bond donors (Lipinski definition) is 1. The lowest BCUT2D eigenvalue weighted by Gasteiger charge is -2.23. The van der Waals surface area contributed by atoms with Crippen LogP contribution in [0.5, 0.6) is 5.75 Å². The number of benzene rings is 3. The summed E-state index contributed by atoms with van der Waals surface area (Å²) >= 11 is 1.04. The summed E-state index contributed by atoms with van der Waals surface area (Å²) in [7, 11) is 1.53. The van der Waals surface area contributed by atoms with Gasteiger partial charge in [-0.25, -0.2) is 23.2 Å². The van der Waals surface area contributed by atoms with E-state index < -0.39 is 30.1 Å². The quantitative estimate of drug-likeness (QED) is 0.196. The number of hydrogen-bond acceptors (Lipinski definition) is 7. The van der Waals surface area contributed by atoms with Crippen molar-refractivity contribution < 1.29 is 41.0 Å². The van der Waals surface area contributed by atoms with Crippen molar-refractivity contribution >= 4 is 40.2 Å². The number of thioether (sulfide) groups is 1. The Labute approximate surface area is 263 Å². The largest absolute Gasteiger partial charge is 0.573 e. The van der Waals surface area contributed by atoms with Crippen LogP contribution in [0.4, 0.5) is 38.1 Å². The lowest BCUT2D eigenvalue weighted by Crippen LogP contribution is -2.31. The maximum absolute atomic E-state index is 14.1. The number of urea groups is 1. The van der Waals surface area contributed by atoms with E-state index in [0.29, 0.717) is 16.9 Å². The van der Waals surface area contributed by atoms with Crippen molar-refractivity contribution in [2.45, 2.75) is 32.7 Å². The van der Waals surface area contributed by atoms with E-state index in [9.17, 15) is 31.5 Å². The van der Waals surface area contributed by atoms with Crippen LogP contribution < -0.4 is 15.0 Å². The second-order valence-corrected chi connectivity index (χ2v) is 10.9. The molecule has 1 fully saturated rings. The minimum absolute atomic E-state index is 0.0307. The van der Waals surface area contributed by atoms with E-state index in [1.54, 1.807) is 6.07 Å². The zero-order chi connectivity index (χ0) is 33.2. The van der Waals surface area contributed by atoms with Crippen LogP contribution in [0.2, 0.25) is 0 Å². The van der Waals surface area contributed by atoms with Crippen molar-refractivity contribution in [3.8, 4) is 22.8 Å². The summed E-state index contributed by atoms with van der Waals surface area (Å²) in [5, 5.41) is 6.69. The number of carbonyl (C=O) groups excluding carboxylic acids is 2. The van der Waals surface area contributed by atoms with E-state index in [-0.39, 0.29) is 40.0 Å². The van der Waals surface area contributed by atoms with Gasteiger partial charge in [-0.05, 0) is 67.9 Å². The Bertz CT molecular complexity index is 1800. The van der Waals surface area contributed by atoms with E-state index in [1.807, 2.05) is 26.0 Å². The SMILES string of the molecule is COC(C)c1ccc(C)cc1N1C(=O)CS/C1=N\C(=O)Nc1ccc(-c2ncn(-c3ccc(OC(F)(F)F)cc3)n2)cc1C(F)F. The van der Waals surface area contributed by atoms with Crippen molar-refractivity contribution in [2.75, 3.05) is 23.1 Å². The van der Waals surface area contributed by atoms with Crippen molar-refractivity contribution in [3.05, 3.63) is 83.7 Å². The smallest absolute Gasteiger partial charge is 0.406 e. The van der Waals surface area contributed by atoms with E-state index in [0.717, 1.165) is 35.5 Å². The minimum atomic E-state index is -4.84. The molecular weight excluding hydrogens is 635 g/mol. The lowest BCUT2D eigenvalue weighted by molar-refractivity contribution is -0.274. The van der Waals surface area contributed by atoms with Crippen LogP contribution in [0.3, 0.4) is 0 Å². The van der Waals surface area contributed by atoms with Crippen LogP contribution in [-0.4, -0.2) is 51.1 Å². The highest BCUT2D eigenvalue weighted by Crippen LogP contribution is 2.35. The number of aliphatic imine (C=N–C) groups is 1. The van der Waals surface area contributed by atoms with E-state index in [2.05, 4.69) is 25.1 Å². The predicted molar refractivity (Wildman–Crippen MR) is 161 cm³/mol. The number of nitrogens with one attached hydrogen (secondary N) is 1. The molecule has 1 saturated heterocycles. The van der Waals surface area contributed by atoms with Crippen molar-refractivity contribution in [2.24, 2.45) is 4.99 Å². The van der Waals surface area contributed by atoms with Gasteiger partial charge in [0.1, 0.15) is 12.1 Å². The standard InChI is InChI=1S/C30H25F5N6O4S/c1-16-4-10-21(17(2)44-3)24(12-16)41-25(42)14-46-29(41)38-28(43)37-23-11-5-18(13-22(23)26(31)32)27-36-15-40(39-27)19-6-8-20(9-7-19)45-30(33,34)35/h4-13,15,17,26H,14H2,1-3H3,(H,37,43)/b38-29-. The summed E-state index contributed by atoms with van der Waals surface area (Å²) in [6, 6.07) is 13.1. The number of carbonyl (C=O) groups is 2. The van der Waals surface area contributed by atoms with Gasteiger partial charge in [-0.2, -0.15) is 4.99 Å². The Kier molecular flexibility index (Phi) is 9.39. The normalized spacial score (nSPS) is 15.1. The monoisotopic (exact) mass is 660 g/mol. The number of ether oxygens (including phenoxy) is 2. The fourth-order valence-electron chi connectivity index (χ4n) is 4.55. The van der Waals surface area contributed by atoms with Gasteiger partial charge in [0.15, 0.2) is 11.0 Å². The number of rotatable bonds is 8. The van der Waals surface area contributed by atoms with Crippen molar-refractivity contribution in [3.63, 3.8) is 0 Å². The first kappa shape index (κ1) is 32.6. The molecular formula is C30H25F5N6O4S. The average molecular weight is 661 g/mol. The molecule has 1 atom stereocenters. The third kappa shape index (κ3) is 7.34. The number of nitrogens with zero attached hydrogens (tertiary/aromatic N) is 5.